The Morgan fingerprint density at radius 3 is 2.82 bits per heavy atom. The maximum absolute atomic E-state index is 10.9. The number of benzene rings is 1. The molecule has 2 rings (SSSR count). The number of hydrogen-bond acceptors (Lipinski definition) is 3. The van der Waals surface area contributed by atoms with Crippen LogP contribution in [0, 0.1) is 6.92 Å². The van der Waals surface area contributed by atoms with Crippen LogP contribution in [-0.4, -0.2) is 17.4 Å². The summed E-state index contributed by atoms with van der Waals surface area (Å²) in [5.74, 6) is 0.635. The van der Waals surface area contributed by atoms with Gasteiger partial charge in [-0.05, 0) is 38.1 Å². The summed E-state index contributed by atoms with van der Waals surface area (Å²) in [6, 6.07) is 7.65. The maximum atomic E-state index is 10.9. The van der Waals surface area contributed by atoms with Crippen LogP contribution in [0.2, 0.25) is 0 Å². The first kappa shape index (κ1) is 12.0. The summed E-state index contributed by atoms with van der Waals surface area (Å²) < 4.78 is 6.43. The van der Waals surface area contributed by atoms with Gasteiger partial charge in [-0.25, -0.2) is 4.98 Å². The van der Waals surface area contributed by atoms with Gasteiger partial charge in [-0.2, -0.15) is 0 Å². The van der Waals surface area contributed by atoms with Crippen LogP contribution in [0.3, 0.4) is 0 Å². The number of fused-ring (bicyclic) bond motifs is 1. The fourth-order valence-electron chi connectivity index (χ4n) is 1.55. The number of Topliss-reactive ketones (excluding diaryl/α,β-unsaturated/α-hetero) is 1. The van der Waals surface area contributed by atoms with E-state index in [1.54, 1.807) is 0 Å². The van der Waals surface area contributed by atoms with Gasteiger partial charge in [-0.3, -0.25) is 4.79 Å². The van der Waals surface area contributed by atoms with Gasteiger partial charge >= 0.3 is 0 Å². The van der Waals surface area contributed by atoms with Gasteiger partial charge in [0.25, 0.3) is 0 Å². The number of pyridine rings is 1. The molecule has 0 radical (unpaired) electrons. The van der Waals surface area contributed by atoms with Crippen LogP contribution in [-0.2, 0) is 4.79 Å². The van der Waals surface area contributed by atoms with Gasteiger partial charge in [0.15, 0.2) is 5.78 Å². The molecule has 0 aliphatic rings. The molecule has 0 atom stereocenters. The summed E-state index contributed by atoms with van der Waals surface area (Å²) in [6.07, 6.45) is 0. The second-order valence-electron chi connectivity index (χ2n) is 3.89. The molecule has 17 heavy (non-hydrogen) atoms. The third kappa shape index (κ3) is 2.64. The Kier molecular flexibility index (Phi) is 3.43. The molecule has 4 heteroatoms. The average molecular weight is 294 g/mol. The number of carbonyl (C=O) groups is 1. The van der Waals surface area contributed by atoms with E-state index in [1.165, 1.54) is 6.92 Å². The lowest BCUT2D eigenvalue weighted by Crippen LogP contribution is -2.07. The van der Waals surface area contributed by atoms with E-state index in [9.17, 15) is 4.79 Å². The Morgan fingerprint density at radius 2 is 2.12 bits per heavy atom. The van der Waals surface area contributed by atoms with Crippen LogP contribution in [0.15, 0.2) is 28.7 Å². The van der Waals surface area contributed by atoms with Gasteiger partial charge in [0.1, 0.15) is 17.9 Å². The molecule has 3 nitrogen and oxygen atoms in total. The molecule has 0 fully saturated rings. The van der Waals surface area contributed by atoms with Crippen molar-refractivity contribution < 1.29 is 9.53 Å². The molecular formula is C13H12BrNO2. The molecule has 0 N–H and O–H groups in total. The molecule has 0 aliphatic heterocycles. The fraction of sp³-hybridized carbons (Fsp3) is 0.231. The van der Waals surface area contributed by atoms with Crippen LogP contribution in [0.1, 0.15) is 12.6 Å². The highest BCUT2D eigenvalue weighted by molar-refractivity contribution is 9.10. The number of hydrogen-bond donors (Lipinski definition) is 0. The Morgan fingerprint density at radius 1 is 1.35 bits per heavy atom. The van der Waals surface area contributed by atoms with Gasteiger partial charge in [-0.15, -0.1) is 0 Å². The third-order valence-electron chi connectivity index (χ3n) is 2.34. The van der Waals surface area contributed by atoms with E-state index >= 15 is 0 Å². The van der Waals surface area contributed by atoms with Crippen molar-refractivity contribution in [2.24, 2.45) is 0 Å². The fourth-order valence-corrected chi connectivity index (χ4v) is 2.00. The lowest BCUT2D eigenvalue weighted by atomic mass is 10.2. The standard InChI is InChI=1S/C13H12BrNO2/c1-8-3-4-10-11(14)5-6-12(13(10)15-8)17-7-9(2)16/h3-6H,7H2,1-2H3. The molecule has 0 saturated carbocycles. The van der Waals surface area contributed by atoms with Crippen LogP contribution in [0.4, 0.5) is 0 Å². The minimum Gasteiger partial charge on any atom is -0.484 e. The van der Waals surface area contributed by atoms with Crippen molar-refractivity contribution in [1.82, 2.24) is 4.98 Å². The highest BCUT2D eigenvalue weighted by atomic mass is 79.9. The second-order valence-corrected chi connectivity index (χ2v) is 4.74. The van der Waals surface area contributed by atoms with E-state index in [-0.39, 0.29) is 12.4 Å². The van der Waals surface area contributed by atoms with Crippen LogP contribution < -0.4 is 4.74 Å². The molecule has 0 spiro atoms. The highest BCUT2D eigenvalue weighted by Gasteiger charge is 2.08. The highest BCUT2D eigenvalue weighted by Crippen LogP contribution is 2.30. The number of halogens is 1. The topological polar surface area (TPSA) is 39.2 Å². The number of ketones is 1. The summed E-state index contributed by atoms with van der Waals surface area (Å²) in [5.41, 5.74) is 1.70. The van der Waals surface area contributed by atoms with Crippen molar-refractivity contribution in [2.75, 3.05) is 6.61 Å². The Hall–Kier alpha value is -1.42. The molecule has 88 valence electrons. The monoisotopic (exact) mass is 293 g/mol. The van der Waals surface area contributed by atoms with E-state index < -0.39 is 0 Å². The molecule has 1 aromatic heterocycles. The third-order valence-corrected chi connectivity index (χ3v) is 3.03. The molecule has 1 aromatic carbocycles. The minimum absolute atomic E-state index is 0.00581. The first-order valence-corrected chi connectivity index (χ1v) is 6.05. The lowest BCUT2D eigenvalue weighted by Gasteiger charge is -2.09. The van der Waals surface area contributed by atoms with E-state index in [2.05, 4.69) is 20.9 Å². The Bertz CT molecular complexity index is 581. The van der Waals surface area contributed by atoms with E-state index in [0.717, 1.165) is 21.1 Å². The number of rotatable bonds is 3. The van der Waals surface area contributed by atoms with Gasteiger partial charge in [0.05, 0.1) is 0 Å². The van der Waals surface area contributed by atoms with E-state index in [4.69, 9.17) is 4.74 Å². The van der Waals surface area contributed by atoms with Crippen molar-refractivity contribution in [3.05, 3.63) is 34.4 Å². The predicted molar refractivity (Wildman–Crippen MR) is 70.4 cm³/mol. The van der Waals surface area contributed by atoms with Crippen molar-refractivity contribution in [1.29, 1.82) is 0 Å². The van der Waals surface area contributed by atoms with Crippen molar-refractivity contribution in [3.63, 3.8) is 0 Å². The van der Waals surface area contributed by atoms with Gasteiger partial charge < -0.3 is 4.74 Å². The lowest BCUT2D eigenvalue weighted by molar-refractivity contribution is -0.118. The number of nitrogens with zero attached hydrogens (tertiary/aromatic N) is 1. The number of ether oxygens (including phenoxy) is 1. The van der Waals surface area contributed by atoms with Crippen LogP contribution in [0.25, 0.3) is 10.9 Å². The second kappa shape index (κ2) is 4.84. The molecular weight excluding hydrogens is 282 g/mol. The van der Waals surface area contributed by atoms with Gasteiger partial charge in [0.2, 0.25) is 0 Å². The number of aryl methyl sites for hydroxylation is 1. The van der Waals surface area contributed by atoms with Gasteiger partial charge in [-0.1, -0.05) is 15.9 Å². The predicted octanol–water partition coefficient (Wildman–Crippen LogP) is 3.27. The summed E-state index contributed by atoms with van der Waals surface area (Å²) in [4.78, 5) is 15.4. The molecule has 1 heterocycles. The summed E-state index contributed by atoms with van der Waals surface area (Å²) in [6.45, 7) is 3.50. The van der Waals surface area contributed by atoms with Crippen LogP contribution >= 0.6 is 15.9 Å². The smallest absolute Gasteiger partial charge is 0.167 e. The Labute approximate surface area is 108 Å². The van der Waals surface area contributed by atoms with Crippen molar-refractivity contribution >= 4 is 32.6 Å². The number of aromatic nitrogens is 1. The SMILES string of the molecule is CC(=O)COc1ccc(Br)c2ccc(C)nc12. The van der Waals surface area contributed by atoms with E-state index in [1.807, 2.05) is 31.2 Å². The molecule has 2 aromatic rings. The average Bonchev–Trinajstić information content (AvgIpc) is 2.28. The van der Waals surface area contributed by atoms with Gasteiger partial charge in [0, 0.05) is 15.6 Å². The molecule has 0 saturated heterocycles. The molecule has 0 bridgehead atoms. The first-order chi connectivity index (χ1) is 8.08. The molecule has 0 unspecified atom stereocenters. The quantitative estimate of drug-likeness (QED) is 0.872. The normalized spacial score (nSPS) is 10.5. The minimum atomic E-state index is -0.00581. The van der Waals surface area contributed by atoms with Crippen LogP contribution in [0.5, 0.6) is 5.75 Å². The maximum Gasteiger partial charge on any atom is 0.167 e. The zero-order chi connectivity index (χ0) is 12.4. The zero-order valence-corrected chi connectivity index (χ0v) is 11.2. The van der Waals surface area contributed by atoms with Crippen molar-refractivity contribution in [2.45, 2.75) is 13.8 Å². The summed E-state index contributed by atoms with van der Waals surface area (Å²) >= 11 is 3.47. The van der Waals surface area contributed by atoms with E-state index in [0.29, 0.717) is 5.75 Å². The molecule has 0 amide bonds. The number of carbonyl (C=O) groups excluding carboxylic acids is 1. The Balaban J connectivity index is 2.52. The summed E-state index contributed by atoms with van der Waals surface area (Å²) in [7, 11) is 0. The largest absolute Gasteiger partial charge is 0.484 e. The van der Waals surface area contributed by atoms with Crippen molar-refractivity contribution in [3.8, 4) is 5.75 Å². The molecule has 0 aliphatic carbocycles. The zero-order valence-electron chi connectivity index (χ0n) is 9.66. The summed E-state index contributed by atoms with van der Waals surface area (Å²) in [5, 5.41) is 0.983. The first-order valence-electron chi connectivity index (χ1n) is 5.26.